The predicted octanol–water partition coefficient (Wildman–Crippen LogP) is 1.87. The molecule has 0 radical (unpaired) electrons. The van der Waals surface area contributed by atoms with Gasteiger partial charge in [0.15, 0.2) is 0 Å². The third-order valence-electron chi connectivity index (χ3n) is 3.18. The quantitative estimate of drug-likeness (QED) is 0.812. The fourth-order valence-electron chi connectivity index (χ4n) is 2.12. The maximum Gasteiger partial charge on any atom is 0.0674 e. The summed E-state index contributed by atoms with van der Waals surface area (Å²) in [5.74, 6) is 0. The lowest BCUT2D eigenvalue weighted by Crippen LogP contribution is -2.43. The molecular formula is C13H22N2OS. The second-order valence-electron chi connectivity index (χ2n) is 4.69. The van der Waals surface area contributed by atoms with Gasteiger partial charge in [-0.05, 0) is 30.9 Å². The fourth-order valence-corrected chi connectivity index (χ4v) is 2.99. The van der Waals surface area contributed by atoms with Gasteiger partial charge in [0.25, 0.3) is 0 Å². The molecule has 1 aromatic heterocycles. The van der Waals surface area contributed by atoms with Crippen LogP contribution in [0.4, 0.5) is 0 Å². The number of morpholine rings is 1. The van der Waals surface area contributed by atoms with E-state index in [4.69, 9.17) is 4.74 Å². The van der Waals surface area contributed by atoms with Gasteiger partial charge in [-0.25, -0.2) is 0 Å². The van der Waals surface area contributed by atoms with Gasteiger partial charge in [0, 0.05) is 37.6 Å². The first-order chi connectivity index (χ1) is 8.25. The van der Waals surface area contributed by atoms with Gasteiger partial charge in [0.2, 0.25) is 0 Å². The molecule has 0 amide bonds. The van der Waals surface area contributed by atoms with E-state index in [0.29, 0.717) is 6.10 Å². The second-order valence-corrected chi connectivity index (χ2v) is 5.69. The molecule has 1 saturated heterocycles. The van der Waals surface area contributed by atoms with Crippen molar-refractivity contribution in [2.75, 3.05) is 32.8 Å². The number of nitrogens with zero attached hydrogens (tertiary/aromatic N) is 1. The zero-order chi connectivity index (χ0) is 12.1. The normalized spacial score (nSPS) is 21.9. The molecule has 17 heavy (non-hydrogen) atoms. The summed E-state index contributed by atoms with van der Waals surface area (Å²) in [4.78, 5) is 3.93. The van der Waals surface area contributed by atoms with Gasteiger partial charge in [0.05, 0.1) is 12.7 Å². The number of hydrogen-bond acceptors (Lipinski definition) is 4. The largest absolute Gasteiger partial charge is 0.376 e. The molecule has 3 nitrogen and oxygen atoms in total. The van der Waals surface area contributed by atoms with Crippen molar-refractivity contribution in [3.8, 4) is 0 Å². The van der Waals surface area contributed by atoms with Crippen LogP contribution in [0, 0.1) is 6.92 Å². The number of hydrogen-bond donors (Lipinski definition) is 1. The summed E-state index contributed by atoms with van der Waals surface area (Å²) in [6, 6.07) is 2.19. The molecule has 96 valence electrons. The van der Waals surface area contributed by atoms with Gasteiger partial charge >= 0.3 is 0 Å². The Labute approximate surface area is 108 Å². The van der Waals surface area contributed by atoms with Crippen molar-refractivity contribution in [1.82, 2.24) is 10.2 Å². The van der Waals surface area contributed by atoms with Crippen molar-refractivity contribution in [2.24, 2.45) is 0 Å². The van der Waals surface area contributed by atoms with Crippen LogP contribution >= 0.6 is 11.3 Å². The highest BCUT2D eigenvalue weighted by Crippen LogP contribution is 2.14. The minimum Gasteiger partial charge on any atom is -0.376 e. The van der Waals surface area contributed by atoms with Crippen LogP contribution in [0.2, 0.25) is 0 Å². The molecule has 1 fully saturated rings. The summed E-state index contributed by atoms with van der Waals surface area (Å²) < 4.78 is 5.53. The van der Waals surface area contributed by atoms with E-state index in [1.807, 2.05) is 11.3 Å². The van der Waals surface area contributed by atoms with Crippen molar-refractivity contribution in [1.29, 1.82) is 0 Å². The highest BCUT2D eigenvalue weighted by Gasteiger charge is 2.15. The third-order valence-corrected chi connectivity index (χ3v) is 4.21. The summed E-state index contributed by atoms with van der Waals surface area (Å²) in [6.07, 6.45) is 0.392. The lowest BCUT2D eigenvalue weighted by Gasteiger charge is -2.31. The molecular weight excluding hydrogens is 232 g/mol. The second kappa shape index (κ2) is 6.50. The van der Waals surface area contributed by atoms with Crippen molar-refractivity contribution in [2.45, 2.75) is 26.5 Å². The molecule has 0 saturated carbocycles. The Morgan fingerprint density at radius 2 is 2.47 bits per heavy atom. The standard InChI is InChI=1S/C13H22N2OS/c1-11-3-8-17-13(11)9-14-4-5-15-6-7-16-12(2)10-15/h3,8,12,14H,4-7,9-10H2,1-2H3. The maximum absolute atomic E-state index is 5.53. The zero-order valence-electron chi connectivity index (χ0n) is 10.7. The van der Waals surface area contributed by atoms with E-state index in [1.165, 1.54) is 10.4 Å². The van der Waals surface area contributed by atoms with Crippen molar-refractivity contribution in [3.05, 3.63) is 21.9 Å². The van der Waals surface area contributed by atoms with Crippen LogP contribution in [0.15, 0.2) is 11.4 Å². The van der Waals surface area contributed by atoms with Gasteiger partial charge in [-0.1, -0.05) is 0 Å². The van der Waals surface area contributed by atoms with Gasteiger partial charge in [0.1, 0.15) is 0 Å². The lowest BCUT2D eigenvalue weighted by molar-refractivity contribution is -0.0176. The number of nitrogens with one attached hydrogen (secondary N) is 1. The Kier molecular flexibility index (Phi) is 4.98. The summed E-state index contributed by atoms with van der Waals surface area (Å²) in [7, 11) is 0. The number of aryl methyl sites for hydroxylation is 1. The first-order valence-electron chi connectivity index (χ1n) is 6.33. The van der Waals surface area contributed by atoms with Crippen molar-refractivity contribution >= 4 is 11.3 Å². The monoisotopic (exact) mass is 254 g/mol. The topological polar surface area (TPSA) is 24.5 Å². The molecule has 0 bridgehead atoms. The average molecular weight is 254 g/mol. The van der Waals surface area contributed by atoms with Gasteiger partial charge < -0.3 is 10.1 Å². The Bertz CT molecular complexity index is 340. The van der Waals surface area contributed by atoms with Crippen LogP contribution in [-0.2, 0) is 11.3 Å². The van der Waals surface area contributed by atoms with Gasteiger partial charge in [-0.3, -0.25) is 4.90 Å². The lowest BCUT2D eigenvalue weighted by atomic mass is 10.3. The molecule has 1 aromatic rings. The van der Waals surface area contributed by atoms with Crippen LogP contribution in [0.25, 0.3) is 0 Å². The summed E-state index contributed by atoms with van der Waals surface area (Å²) in [5.41, 5.74) is 1.41. The van der Waals surface area contributed by atoms with Gasteiger partial charge in [-0.2, -0.15) is 0 Å². The number of thiophene rings is 1. The minimum absolute atomic E-state index is 0.392. The molecule has 1 unspecified atom stereocenters. The first-order valence-corrected chi connectivity index (χ1v) is 7.21. The molecule has 1 aliphatic heterocycles. The first kappa shape index (κ1) is 13.0. The highest BCUT2D eigenvalue weighted by atomic mass is 32.1. The molecule has 1 aliphatic rings. The summed E-state index contributed by atoms with van der Waals surface area (Å²) in [6.45, 7) is 10.5. The van der Waals surface area contributed by atoms with Crippen LogP contribution in [-0.4, -0.2) is 43.8 Å². The molecule has 1 atom stereocenters. The Balaban J connectivity index is 1.61. The Hall–Kier alpha value is -0.420. The third kappa shape index (κ3) is 4.07. The molecule has 1 N–H and O–H groups in total. The summed E-state index contributed by atoms with van der Waals surface area (Å²) in [5, 5.41) is 5.68. The van der Waals surface area contributed by atoms with Gasteiger partial charge in [-0.15, -0.1) is 11.3 Å². The maximum atomic E-state index is 5.53. The zero-order valence-corrected chi connectivity index (χ0v) is 11.6. The minimum atomic E-state index is 0.392. The number of rotatable bonds is 5. The van der Waals surface area contributed by atoms with Crippen LogP contribution in [0.3, 0.4) is 0 Å². The van der Waals surface area contributed by atoms with E-state index in [0.717, 1.165) is 39.3 Å². The molecule has 0 spiro atoms. The van der Waals surface area contributed by atoms with E-state index >= 15 is 0 Å². The highest BCUT2D eigenvalue weighted by molar-refractivity contribution is 7.10. The van der Waals surface area contributed by atoms with E-state index in [1.54, 1.807) is 0 Å². The molecule has 2 heterocycles. The smallest absolute Gasteiger partial charge is 0.0674 e. The van der Waals surface area contributed by atoms with Crippen molar-refractivity contribution in [3.63, 3.8) is 0 Å². The molecule has 0 aliphatic carbocycles. The Morgan fingerprint density at radius 1 is 1.59 bits per heavy atom. The van der Waals surface area contributed by atoms with Crippen molar-refractivity contribution < 1.29 is 4.74 Å². The van der Waals surface area contributed by atoms with Crippen LogP contribution in [0.5, 0.6) is 0 Å². The SMILES string of the molecule is Cc1ccsc1CNCCN1CCOC(C)C1. The molecule has 4 heteroatoms. The fraction of sp³-hybridized carbons (Fsp3) is 0.692. The molecule has 2 rings (SSSR count). The predicted molar refractivity (Wildman–Crippen MR) is 72.6 cm³/mol. The summed E-state index contributed by atoms with van der Waals surface area (Å²) >= 11 is 1.84. The Morgan fingerprint density at radius 3 is 3.18 bits per heavy atom. The van der Waals surface area contributed by atoms with E-state index in [-0.39, 0.29) is 0 Å². The van der Waals surface area contributed by atoms with Crippen LogP contribution in [0.1, 0.15) is 17.4 Å². The van der Waals surface area contributed by atoms with Crippen LogP contribution < -0.4 is 5.32 Å². The van der Waals surface area contributed by atoms with E-state index in [2.05, 4.69) is 35.5 Å². The molecule has 0 aromatic carbocycles. The average Bonchev–Trinajstić information content (AvgIpc) is 2.71. The van der Waals surface area contributed by atoms with E-state index < -0.39 is 0 Å². The number of ether oxygens (including phenoxy) is 1. The van der Waals surface area contributed by atoms with E-state index in [9.17, 15) is 0 Å².